The molecule has 6 nitrogen and oxygen atoms in total. The minimum Gasteiger partial charge on any atom is -0.353 e. The van der Waals surface area contributed by atoms with E-state index in [4.69, 9.17) is 0 Å². The van der Waals surface area contributed by atoms with Gasteiger partial charge in [-0.1, -0.05) is 12.1 Å². The number of aromatic nitrogens is 1. The van der Waals surface area contributed by atoms with Gasteiger partial charge >= 0.3 is 0 Å². The average molecular weight is 316 g/mol. The van der Waals surface area contributed by atoms with E-state index in [1.807, 2.05) is 18.2 Å². The van der Waals surface area contributed by atoms with Gasteiger partial charge in [-0.2, -0.15) is 0 Å². The van der Waals surface area contributed by atoms with Crippen molar-refractivity contribution in [2.45, 2.75) is 13.8 Å². The van der Waals surface area contributed by atoms with Gasteiger partial charge in [0.25, 0.3) is 0 Å². The van der Waals surface area contributed by atoms with E-state index in [0.717, 1.165) is 5.82 Å². The van der Waals surface area contributed by atoms with E-state index in [0.29, 0.717) is 32.7 Å². The fraction of sp³-hybridized carbons (Fsp3) is 0.471. The number of carbonyl (C=O) groups is 2. The van der Waals surface area contributed by atoms with Crippen LogP contribution in [-0.4, -0.2) is 54.4 Å². The summed E-state index contributed by atoms with van der Waals surface area (Å²) in [6, 6.07) is 5.80. The summed E-state index contributed by atoms with van der Waals surface area (Å²) in [6.07, 6.45) is 3.37. The van der Waals surface area contributed by atoms with Crippen LogP contribution >= 0.6 is 0 Å². The zero-order valence-electron chi connectivity index (χ0n) is 13.8. The van der Waals surface area contributed by atoms with Crippen LogP contribution in [0.25, 0.3) is 0 Å². The number of piperazine rings is 1. The fourth-order valence-electron chi connectivity index (χ4n) is 2.56. The maximum absolute atomic E-state index is 12.7. The van der Waals surface area contributed by atoms with Gasteiger partial charge in [-0.05, 0) is 26.0 Å². The lowest BCUT2D eigenvalue weighted by atomic mass is 9.90. The Bertz CT molecular complexity index is 563. The Hall–Kier alpha value is -2.37. The number of pyridine rings is 1. The van der Waals surface area contributed by atoms with Gasteiger partial charge < -0.3 is 15.1 Å². The van der Waals surface area contributed by atoms with Crippen molar-refractivity contribution in [3.05, 3.63) is 37.1 Å². The zero-order valence-corrected chi connectivity index (χ0v) is 13.8. The van der Waals surface area contributed by atoms with Gasteiger partial charge in [0, 0.05) is 38.9 Å². The Morgan fingerprint density at radius 3 is 2.57 bits per heavy atom. The summed E-state index contributed by atoms with van der Waals surface area (Å²) in [6.45, 7) is 9.87. The number of hydrogen-bond acceptors (Lipinski definition) is 4. The first-order chi connectivity index (χ1) is 11.0. The lowest BCUT2D eigenvalue weighted by Crippen LogP contribution is -2.55. The Balaban J connectivity index is 1.95. The summed E-state index contributed by atoms with van der Waals surface area (Å²) in [5, 5.41) is 2.70. The van der Waals surface area contributed by atoms with Gasteiger partial charge in [0.2, 0.25) is 11.8 Å². The summed E-state index contributed by atoms with van der Waals surface area (Å²) in [7, 11) is 0. The summed E-state index contributed by atoms with van der Waals surface area (Å²) in [4.78, 5) is 33.1. The molecule has 1 saturated heterocycles. The van der Waals surface area contributed by atoms with E-state index in [9.17, 15) is 9.59 Å². The van der Waals surface area contributed by atoms with Crippen LogP contribution in [0.3, 0.4) is 0 Å². The van der Waals surface area contributed by atoms with Crippen molar-refractivity contribution in [1.82, 2.24) is 15.2 Å². The van der Waals surface area contributed by atoms with Crippen LogP contribution in [-0.2, 0) is 9.59 Å². The highest BCUT2D eigenvalue weighted by atomic mass is 16.2. The largest absolute Gasteiger partial charge is 0.353 e. The molecule has 2 heterocycles. The van der Waals surface area contributed by atoms with Crippen molar-refractivity contribution < 1.29 is 9.59 Å². The van der Waals surface area contributed by atoms with Gasteiger partial charge in [-0.3, -0.25) is 9.59 Å². The van der Waals surface area contributed by atoms with E-state index in [1.54, 1.807) is 31.0 Å². The molecule has 1 aliphatic heterocycles. The predicted octanol–water partition coefficient (Wildman–Crippen LogP) is 1.06. The predicted molar refractivity (Wildman–Crippen MR) is 90.0 cm³/mol. The third-order valence-corrected chi connectivity index (χ3v) is 4.05. The van der Waals surface area contributed by atoms with Crippen LogP contribution in [0.15, 0.2) is 37.1 Å². The first kappa shape index (κ1) is 17.0. The highest BCUT2D eigenvalue weighted by Gasteiger charge is 2.39. The second-order valence-corrected chi connectivity index (χ2v) is 6.09. The first-order valence-corrected chi connectivity index (χ1v) is 7.81. The molecule has 6 heteroatoms. The van der Waals surface area contributed by atoms with Crippen LogP contribution in [0.5, 0.6) is 0 Å². The van der Waals surface area contributed by atoms with Crippen molar-refractivity contribution in [3.8, 4) is 0 Å². The van der Waals surface area contributed by atoms with Crippen LogP contribution in [0.2, 0.25) is 0 Å². The van der Waals surface area contributed by atoms with Crippen molar-refractivity contribution in [3.63, 3.8) is 0 Å². The molecule has 0 spiro atoms. The summed E-state index contributed by atoms with van der Waals surface area (Å²) >= 11 is 0. The molecule has 2 rings (SSSR count). The Labute approximate surface area is 137 Å². The van der Waals surface area contributed by atoms with Crippen LogP contribution in [0.4, 0.5) is 5.82 Å². The SMILES string of the molecule is C=CCNC(=O)C(C)(C)C(=O)N1CCN(c2ccccn2)CC1. The number of nitrogens with one attached hydrogen (secondary N) is 1. The molecular formula is C17H24N4O2. The van der Waals surface area contributed by atoms with Gasteiger partial charge in [0.15, 0.2) is 0 Å². The minimum absolute atomic E-state index is 0.139. The Kier molecular flexibility index (Phi) is 5.36. The van der Waals surface area contributed by atoms with Gasteiger partial charge in [-0.25, -0.2) is 4.98 Å². The third kappa shape index (κ3) is 3.88. The van der Waals surface area contributed by atoms with Gasteiger partial charge in [0.05, 0.1) is 0 Å². The quantitative estimate of drug-likeness (QED) is 0.651. The highest BCUT2D eigenvalue weighted by molar-refractivity contribution is 6.04. The smallest absolute Gasteiger partial charge is 0.237 e. The molecule has 0 saturated carbocycles. The third-order valence-electron chi connectivity index (χ3n) is 4.05. The van der Waals surface area contributed by atoms with Crippen LogP contribution < -0.4 is 10.2 Å². The maximum Gasteiger partial charge on any atom is 0.237 e. The maximum atomic E-state index is 12.7. The molecule has 2 amide bonds. The topological polar surface area (TPSA) is 65.5 Å². The molecule has 23 heavy (non-hydrogen) atoms. The molecule has 1 aromatic heterocycles. The lowest BCUT2D eigenvalue weighted by molar-refractivity contribution is -0.148. The molecular weight excluding hydrogens is 292 g/mol. The van der Waals surface area contributed by atoms with E-state index in [2.05, 4.69) is 21.8 Å². The molecule has 0 aliphatic carbocycles. The molecule has 1 fully saturated rings. The molecule has 1 N–H and O–H groups in total. The van der Waals surface area contributed by atoms with Crippen molar-refractivity contribution in [2.75, 3.05) is 37.6 Å². The van der Waals surface area contributed by atoms with E-state index in [1.165, 1.54) is 0 Å². The van der Waals surface area contributed by atoms with E-state index in [-0.39, 0.29) is 11.8 Å². The van der Waals surface area contributed by atoms with Crippen molar-refractivity contribution >= 4 is 17.6 Å². The number of nitrogens with zero attached hydrogens (tertiary/aromatic N) is 3. The number of rotatable bonds is 5. The van der Waals surface area contributed by atoms with Gasteiger partial charge in [0.1, 0.15) is 11.2 Å². The standard InChI is InChI=1S/C17H24N4O2/c1-4-8-19-15(22)17(2,3)16(23)21-12-10-20(11-13-21)14-7-5-6-9-18-14/h4-7,9H,1,8,10-13H2,2-3H3,(H,19,22). The van der Waals surface area contributed by atoms with E-state index < -0.39 is 5.41 Å². The monoisotopic (exact) mass is 316 g/mol. The second-order valence-electron chi connectivity index (χ2n) is 6.09. The van der Waals surface area contributed by atoms with Gasteiger partial charge in [-0.15, -0.1) is 6.58 Å². The number of carbonyl (C=O) groups excluding carboxylic acids is 2. The van der Waals surface area contributed by atoms with E-state index >= 15 is 0 Å². The zero-order chi connectivity index (χ0) is 16.9. The average Bonchev–Trinajstić information content (AvgIpc) is 2.59. The summed E-state index contributed by atoms with van der Waals surface area (Å²) < 4.78 is 0. The fourth-order valence-corrected chi connectivity index (χ4v) is 2.56. The number of amides is 2. The summed E-state index contributed by atoms with van der Waals surface area (Å²) in [5.74, 6) is 0.511. The molecule has 0 bridgehead atoms. The molecule has 124 valence electrons. The minimum atomic E-state index is -1.07. The molecule has 1 aliphatic rings. The first-order valence-electron chi connectivity index (χ1n) is 7.81. The van der Waals surface area contributed by atoms with Crippen molar-refractivity contribution in [2.24, 2.45) is 5.41 Å². The Morgan fingerprint density at radius 1 is 1.30 bits per heavy atom. The highest BCUT2D eigenvalue weighted by Crippen LogP contribution is 2.21. The normalized spacial score (nSPS) is 15.2. The lowest BCUT2D eigenvalue weighted by Gasteiger charge is -2.38. The summed E-state index contributed by atoms with van der Waals surface area (Å²) in [5.41, 5.74) is -1.07. The second kappa shape index (κ2) is 7.26. The molecule has 0 unspecified atom stereocenters. The van der Waals surface area contributed by atoms with Crippen molar-refractivity contribution in [1.29, 1.82) is 0 Å². The van der Waals surface area contributed by atoms with Crippen LogP contribution in [0, 0.1) is 5.41 Å². The molecule has 0 radical (unpaired) electrons. The number of anilines is 1. The molecule has 1 aromatic rings. The molecule has 0 atom stereocenters. The number of hydrogen-bond donors (Lipinski definition) is 1. The Morgan fingerprint density at radius 2 is 2.00 bits per heavy atom. The molecule has 0 aromatic carbocycles. The van der Waals surface area contributed by atoms with Crippen LogP contribution in [0.1, 0.15) is 13.8 Å².